The molecule has 0 aliphatic carbocycles. The number of pyridine rings is 1. The molecule has 0 spiro atoms. The number of aromatic nitrogens is 1. The Morgan fingerprint density at radius 1 is 1.35 bits per heavy atom. The van der Waals surface area contributed by atoms with Crippen molar-refractivity contribution in [2.45, 2.75) is 12.8 Å². The summed E-state index contributed by atoms with van der Waals surface area (Å²) in [5.41, 5.74) is 0.410. The first-order valence-electron chi connectivity index (χ1n) is 5.56. The molecule has 1 amide bonds. The van der Waals surface area contributed by atoms with Crippen LogP contribution in [0.2, 0.25) is 0 Å². The fourth-order valence-corrected chi connectivity index (χ4v) is 1.92. The summed E-state index contributed by atoms with van der Waals surface area (Å²) < 4.78 is 4.64. The van der Waals surface area contributed by atoms with Crippen molar-refractivity contribution in [2.24, 2.45) is 0 Å². The maximum Gasteiger partial charge on any atom is 0.340 e. The third-order valence-corrected chi connectivity index (χ3v) is 2.81. The summed E-state index contributed by atoms with van der Waals surface area (Å²) in [6.45, 7) is 1.46. The molecule has 17 heavy (non-hydrogen) atoms. The number of rotatable bonds is 2. The molecule has 1 aromatic rings. The molecule has 1 fully saturated rings. The van der Waals surface area contributed by atoms with Crippen molar-refractivity contribution < 1.29 is 14.3 Å². The molecule has 5 nitrogen and oxygen atoms in total. The van der Waals surface area contributed by atoms with Gasteiger partial charge in [-0.15, -0.1) is 0 Å². The monoisotopic (exact) mass is 234 g/mol. The molecule has 1 aromatic heterocycles. The van der Waals surface area contributed by atoms with E-state index in [1.165, 1.54) is 13.3 Å². The molecule has 0 N–H and O–H groups in total. The van der Waals surface area contributed by atoms with Crippen LogP contribution in [-0.4, -0.2) is 42.0 Å². The van der Waals surface area contributed by atoms with E-state index >= 15 is 0 Å². The number of nitrogens with zero attached hydrogens (tertiary/aromatic N) is 2. The molecule has 0 aromatic carbocycles. The van der Waals surface area contributed by atoms with Crippen LogP contribution >= 0.6 is 0 Å². The number of amides is 1. The summed E-state index contributed by atoms with van der Waals surface area (Å²) in [6.07, 6.45) is 3.52. The first kappa shape index (κ1) is 11.6. The molecule has 2 heterocycles. The number of hydrogen-bond donors (Lipinski definition) is 0. The van der Waals surface area contributed by atoms with Gasteiger partial charge in [0.25, 0.3) is 5.91 Å². The Morgan fingerprint density at radius 3 is 2.71 bits per heavy atom. The van der Waals surface area contributed by atoms with E-state index in [1.807, 2.05) is 0 Å². The standard InChI is InChI=1S/C12H14N2O3/c1-17-12(16)9-5-4-6-13-10(9)11(15)14-7-2-3-8-14/h4-6H,2-3,7-8H2,1H3. The lowest BCUT2D eigenvalue weighted by Crippen LogP contribution is -2.30. The number of likely N-dealkylation sites (tertiary alicyclic amines) is 1. The zero-order valence-corrected chi connectivity index (χ0v) is 9.68. The van der Waals surface area contributed by atoms with Gasteiger partial charge in [-0.05, 0) is 25.0 Å². The van der Waals surface area contributed by atoms with E-state index in [0.29, 0.717) is 0 Å². The van der Waals surface area contributed by atoms with Crippen molar-refractivity contribution in [1.29, 1.82) is 0 Å². The molecule has 1 aliphatic rings. The van der Waals surface area contributed by atoms with Gasteiger partial charge >= 0.3 is 5.97 Å². The quantitative estimate of drug-likeness (QED) is 0.719. The molecule has 0 atom stereocenters. The lowest BCUT2D eigenvalue weighted by molar-refractivity contribution is 0.0590. The maximum atomic E-state index is 12.1. The molecule has 90 valence electrons. The Kier molecular flexibility index (Phi) is 3.37. The minimum Gasteiger partial charge on any atom is -0.465 e. The third-order valence-electron chi connectivity index (χ3n) is 2.81. The molecule has 0 bridgehead atoms. The first-order valence-corrected chi connectivity index (χ1v) is 5.56. The molecule has 0 saturated carbocycles. The van der Waals surface area contributed by atoms with Crippen molar-refractivity contribution >= 4 is 11.9 Å². The highest BCUT2D eigenvalue weighted by Gasteiger charge is 2.25. The number of ether oxygens (including phenoxy) is 1. The number of carbonyl (C=O) groups excluding carboxylic acids is 2. The van der Waals surface area contributed by atoms with Gasteiger partial charge in [-0.2, -0.15) is 0 Å². The second kappa shape index (κ2) is 4.95. The summed E-state index contributed by atoms with van der Waals surface area (Å²) in [5.74, 6) is -0.718. The van der Waals surface area contributed by atoms with Crippen molar-refractivity contribution in [3.8, 4) is 0 Å². The van der Waals surface area contributed by atoms with Gasteiger partial charge in [-0.3, -0.25) is 9.78 Å². The van der Waals surface area contributed by atoms with Crippen LogP contribution in [0.15, 0.2) is 18.3 Å². The average molecular weight is 234 g/mol. The smallest absolute Gasteiger partial charge is 0.340 e. The number of hydrogen-bond acceptors (Lipinski definition) is 4. The van der Waals surface area contributed by atoms with Crippen LogP contribution in [0.1, 0.15) is 33.7 Å². The molecule has 5 heteroatoms. The van der Waals surface area contributed by atoms with Gasteiger partial charge in [-0.25, -0.2) is 4.79 Å². The zero-order chi connectivity index (χ0) is 12.3. The predicted octanol–water partition coefficient (Wildman–Crippen LogP) is 1.10. The van der Waals surface area contributed by atoms with E-state index in [4.69, 9.17) is 0 Å². The van der Waals surface area contributed by atoms with Gasteiger partial charge in [0.1, 0.15) is 5.69 Å². The van der Waals surface area contributed by atoms with Crippen LogP contribution in [0.25, 0.3) is 0 Å². The lowest BCUT2D eigenvalue weighted by Gasteiger charge is -2.15. The fourth-order valence-electron chi connectivity index (χ4n) is 1.92. The second-order valence-electron chi connectivity index (χ2n) is 3.89. The largest absolute Gasteiger partial charge is 0.465 e. The van der Waals surface area contributed by atoms with E-state index in [-0.39, 0.29) is 17.2 Å². The van der Waals surface area contributed by atoms with Crippen molar-refractivity contribution in [3.63, 3.8) is 0 Å². The van der Waals surface area contributed by atoms with E-state index < -0.39 is 5.97 Å². The molecule has 1 aliphatic heterocycles. The van der Waals surface area contributed by atoms with Crippen LogP contribution < -0.4 is 0 Å². The Labute approximate surface area is 99.4 Å². The van der Waals surface area contributed by atoms with E-state index in [1.54, 1.807) is 17.0 Å². The predicted molar refractivity (Wildman–Crippen MR) is 60.7 cm³/mol. The number of esters is 1. The van der Waals surface area contributed by atoms with E-state index in [0.717, 1.165) is 25.9 Å². The van der Waals surface area contributed by atoms with Crippen LogP contribution in [0.4, 0.5) is 0 Å². The topological polar surface area (TPSA) is 59.5 Å². The van der Waals surface area contributed by atoms with Crippen molar-refractivity contribution in [1.82, 2.24) is 9.88 Å². The van der Waals surface area contributed by atoms with Crippen LogP contribution in [0, 0.1) is 0 Å². The minimum atomic E-state index is -0.527. The average Bonchev–Trinajstić information content (AvgIpc) is 2.91. The Hall–Kier alpha value is -1.91. The maximum absolute atomic E-state index is 12.1. The van der Waals surface area contributed by atoms with E-state index in [9.17, 15) is 9.59 Å². The van der Waals surface area contributed by atoms with Crippen molar-refractivity contribution in [3.05, 3.63) is 29.6 Å². The lowest BCUT2D eigenvalue weighted by atomic mass is 10.2. The molecular weight excluding hydrogens is 220 g/mol. The fraction of sp³-hybridized carbons (Fsp3) is 0.417. The highest BCUT2D eigenvalue weighted by molar-refractivity contribution is 6.03. The third kappa shape index (κ3) is 2.27. The van der Waals surface area contributed by atoms with Crippen LogP contribution in [0.5, 0.6) is 0 Å². The van der Waals surface area contributed by atoms with Gasteiger partial charge in [0.2, 0.25) is 0 Å². The van der Waals surface area contributed by atoms with Gasteiger partial charge in [0.15, 0.2) is 0 Å². The van der Waals surface area contributed by atoms with Gasteiger partial charge in [0.05, 0.1) is 12.7 Å². The van der Waals surface area contributed by atoms with Gasteiger partial charge in [-0.1, -0.05) is 0 Å². The first-order chi connectivity index (χ1) is 8.24. The SMILES string of the molecule is COC(=O)c1cccnc1C(=O)N1CCCC1. The Bertz CT molecular complexity index is 439. The van der Waals surface area contributed by atoms with E-state index in [2.05, 4.69) is 9.72 Å². The van der Waals surface area contributed by atoms with Crippen molar-refractivity contribution in [2.75, 3.05) is 20.2 Å². The molecule has 0 unspecified atom stereocenters. The van der Waals surface area contributed by atoms with Crippen LogP contribution in [0.3, 0.4) is 0 Å². The summed E-state index contributed by atoms with van der Waals surface area (Å²) >= 11 is 0. The number of carbonyl (C=O) groups is 2. The highest BCUT2D eigenvalue weighted by atomic mass is 16.5. The van der Waals surface area contributed by atoms with Gasteiger partial charge < -0.3 is 9.64 Å². The summed E-state index contributed by atoms with van der Waals surface area (Å²) in [4.78, 5) is 29.4. The Balaban J connectivity index is 2.30. The molecule has 0 radical (unpaired) electrons. The molecule has 2 rings (SSSR count). The number of methoxy groups -OCH3 is 1. The van der Waals surface area contributed by atoms with Gasteiger partial charge in [0, 0.05) is 19.3 Å². The normalized spacial score (nSPS) is 14.8. The summed E-state index contributed by atoms with van der Waals surface area (Å²) in [6, 6.07) is 3.18. The minimum absolute atomic E-state index is 0.182. The summed E-state index contributed by atoms with van der Waals surface area (Å²) in [5, 5.41) is 0. The molecule has 1 saturated heterocycles. The highest BCUT2D eigenvalue weighted by Crippen LogP contribution is 2.14. The summed E-state index contributed by atoms with van der Waals surface area (Å²) in [7, 11) is 1.29. The molecular formula is C12H14N2O3. The second-order valence-corrected chi connectivity index (χ2v) is 3.89. The Morgan fingerprint density at radius 2 is 2.06 bits per heavy atom. The zero-order valence-electron chi connectivity index (χ0n) is 9.68. The van der Waals surface area contributed by atoms with Crippen LogP contribution in [-0.2, 0) is 4.74 Å².